The van der Waals surface area contributed by atoms with Gasteiger partial charge in [0, 0.05) is 30.9 Å². The SMILES string of the molecule is O=C(c1ccccc1)N1CCC2(CC1)NCc1ccccc1NC2=O. The van der Waals surface area contributed by atoms with Crippen LogP contribution in [-0.2, 0) is 11.3 Å². The standard InChI is InChI=1S/C20H21N3O2/c24-18(15-6-2-1-3-7-15)23-12-10-20(11-13-23)19(25)22-17-9-5-4-8-16(17)14-21-20/h1-9,21H,10-14H2,(H,22,25). The monoisotopic (exact) mass is 335 g/mol. The van der Waals surface area contributed by atoms with E-state index in [-0.39, 0.29) is 11.8 Å². The molecule has 0 unspecified atom stereocenters. The molecule has 0 saturated carbocycles. The molecule has 0 radical (unpaired) electrons. The number of amides is 2. The zero-order chi connectivity index (χ0) is 17.3. The zero-order valence-electron chi connectivity index (χ0n) is 14.0. The molecule has 5 nitrogen and oxygen atoms in total. The molecule has 4 rings (SSSR count). The summed E-state index contributed by atoms with van der Waals surface area (Å²) in [7, 11) is 0. The molecule has 2 aliphatic rings. The largest absolute Gasteiger partial charge is 0.338 e. The van der Waals surface area contributed by atoms with E-state index in [1.54, 1.807) is 0 Å². The first-order chi connectivity index (χ1) is 12.2. The molecule has 1 spiro atoms. The summed E-state index contributed by atoms with van der Waals surface area (Å²) >= 11 is 0. The van der Waals surface area contributed by atoms with Crippen molar-refractivity contribution >= 4 is 17.5 Å². The number of likely N-dealkylation sites (tertiary alicyclic amines) is 1. The maximum absolute atomic E-state index is 12.8. The summed E-state index contributed by atoms with van der Waals surface area (Å²) in [5.74, 6) is 0.0389. The number of carbonyl (C=O) groups is 2. The molecular weight excluding hydrogens is 314 g/mol. The Labute approximate surface area is 147 Å². The minimum absolute atomic E-state index is 0.00394. The molecule has 2 aromatic carbocycles. The third kappa shape index (κ3) is 2.91. The molecule has 2 aromatic rings. The van der Waals surface area contributed by atoms with E-state index in [1.165, 1.54) is 0 Å². The molecule has 0 atom stereocenters. The number of anilines is 1. The van der Waals surface area contributed by atoms with Gasteiger partial charge in [-0.05, 0) is 36.6 Å². The lowest BCUT2D eigenvalue weighted by atomic mass is 9.86. The maximum atomic E-state index is 12.8. The molecule has 0 bridgehead atoms. The van der Waals surface area contributed by atoms with Gasteiger partial charge in [-0.2, -0.15) is 0 Å². The van der Waals surface area contributed by atoms with Gasteiger partial charge in [0.15, 0.2) is 0 Å². The number of hydrogen-bond donors (Lipinski definition) is 2. The van der Waals surface area contributed by atoms with Gasteiger partial charge in [-0.25, -0.2) is 0 Å². The summed E-state index contributed by atoms with van der Waals surface area (Å²) in [6.45, 7) is 1.80. The van der Waals surface area contributed by atoms with Crippen molar-refractivity contribution in [2.24, 2.45) is 0 Å². The second-order valence-corrected chi connectivity index (χ2v) is 6.71. The van der Waals surface area contributed by atoms with E-state index < -0.39 is 5.54 Å². The number of carbonyl (C=O) groups excluding carboxylic acids is 2. The summed E-state index contributed by atoms with van der Waals surface area (Å²) in [5, 5.41) is 6.51. The lowest BCUT2D eigenvalue weighted by Crippen LogP contribution is -2.59. The van der Waals surface area contributed by atoms with Crippen molar-refractivity contribution in [3.8, 4) is 0 Å². The number of piperidine rings is 1. The third-order valence-electron chi connectivity index (χ3n) is 5.24. The van der Waals surface area contributed by atoms with Crippen molar-refractivity contribution in [3.05, 3.63) is 65.7 Å². The number of nitrogens with one attached hydrogen (secondary N) is 2. The van der Waals surface area contributed by atoms with Crippen LogP contribution >= 0.6 is 0 Å². The van der Waals surface area contributed by atoms with Crippen molar-refractivity contribution in [2.45, 2.75) is 24.9 Å². The van der Waals surface area contributed by atoms with Crippen LogP contribution in [0.5, 0.6) is 0 Å². The summed E-state index contributed by atoms with van der Waals surface area (Å²) in [5.41, 5.74) is 2.06. The van der Waals surface area contributed by atoms with Gasteiger partial charge in [-0.1, -0.05) is 36.4 Å². The topological polar surface area (TPSA) is 61.4 Å². The number of nitrogens with zero attached hydrogens (tertiary/aromatic N) is 1. The van der Waals surface area contributed by atoms with Gasteiger partial charge in [-0.3, -0.25) is 14.9 Å². The maximum Gasteiger partial charge on any atom is 0.253 e. The Morgan fingerprint density at radius 1 is 0.960 bits per heavy atom. The van der Waals surface area contributed by atoms with Crippen LogP contribution in [0.3, 0.4) is 0 Å². The van der Waals surface area contributed by atoms with Crippen molar-refractivity contribution in [1.82, 2.24) is 10.2 Å². The highest BCUT2D eigenvalue weighted by molar-refractivity contribution is 6.00. The summed E-state index contributed by atoms with van der Waals surface area (Å²) < 4.78 is 0. The van der Waals surface area contributed by atoms with Crippen LogP contribution in [0.2, 0.25) is 0 Å². The number of rotatable bonds is 1. The zero-order valence-corrected chi connectivity index (χ0v) is 14.0. The third-order valence-corrected chi connectivity index (χ3v) is 5.24. The van der Waals surface area contributed by atoms with E-state index in [2.05, 4.69) is 10.6 Å². The highest BCUT2D eigenvalue weighted by atomic mass is 16.2. The lowest BCUT2D eigenvalue weighted by molar-refractivity contribution is -0.124. The fourth-order valence-electron chi connectivity index (χ4n) is 3.64. The number of hydrogen-bond acceptors (Lipinski definition) is 3. The van der Waals surface area contributed by atoms with E-state index in [0.29, 0.717) is 38.0 Å². The minimum atomic E-state index is -0.605. The predicted octanol–water partition coefficient (Wildman–Crippen LogP) is 2.40. The quantitative estimate of drug-likeness (QED) is 0.841. The molecule has 1 fully saturated rings. The molecule has 0 aliphatic carbocycles. The number of para-hydroxylation sites is 1. The molecule has 25 heavy (non-hydrogen) atoms. The van der Waals surface area contributed by atoms with Crippen molar-refractivity contribution in [2.75, 3.05) is 18.4 Å². The normalized spacial score (nSPS) is 19.0. The molecule has 2 heterocycles. The van der Waals surface area contributed by atoms with Crippen LogP contribution in [0.4, 0.5) is 5.69 Å². The summed E-state index contributed by atoms with van der Waals surface area (Å²) in [6.07, 6.45) is 1.23. The van der Waals surface area contributed by atoms with Crippen molar-refractivity contribution < 1.29 is 9.59 Å². The molecule has 5 heteroatoms. The van der Waals surface area contributed by atoms with E-state index >= 15 is 0 Å². The predicted molar refractivity (Wildman–Crippen MR) is 96.2 cm³/mol. The highest BCUT2D eigenvalue weighted by Gasteiger charge is 2.43. The highest BCUT2D eigenvalue weighted by Crippen LogP contribution is 2.29. The van der Waals surface area contributed by atoms with Crippen molar-refractivity contribution in [3.63, 3.8) is 0 Å². The van der Waals surface area contributed by atoms with Crippen LogP contribution in [0, 0.1) is 0 Å². The van der Waals surface area contributed by atoms with Gasteiger partial charge in [-0.15, -0.1) is 0 Å². The molecule has 1 saturated heterocycles. The Kier molecular flexibility index (Phi) is 4.01. The Bertz CT molecular complexity index is 796. The average molecular weight is 335 g/mol. The first-order valence-corrected chi connectivity index (χ1v) is 8.67. The van der Waals surface area contributed by atoms with Gasteiger partial charge >= 0.3 is 0 Å². The molecule has 128 valence electrons. The second-order valence-electron chi connectivity index (χ2n) is 6.71. The molecule has 2 N–H and O–H groups in total. The first kappa shape index (κ1) is 15.8. The van der Waals surface area contributed by atoms with Crippen molar-refractivity contribution in [1.29, 1.82) is 0 Å². The Morgan fingerprint density at radius 2 is 1.64 bits per heavy atom. The fourth-order valence-corrected chi connectivity index (χ4v) is 3.64. The van der Waals surface area contributed by atoms with Gasteiger partial charge in [0.1, 0.15) is 5.54 Å². The van der Waals surface area contributed by atoms with Gasteiger partial charge in [0.05, 0.1) is 0 Å². The average Bonchev–Trinajstić information content (AvgIpc) is 2.80. The minimum Gasteiger partial charge on any atom is -0.338 e. The van der Waals surface area contributed by atoms with E-state index in [9.17, 15) is 9.59 Å². The summed E-state index contributed by atoms with van der Waals surface area (Å²) in [6, 6.07) is 17.2. The Hall–Kier alpha value is -2.66. The van der Waals surface area contributed by atoms with Crippen LogP contribution in [-0.4, -0.2) is 35.3 Å². The fraction of sp³-hybridized carbons (Fsp3) is 0.300. The molecule has 2 amide bonds. The van der Waals surface area contributed by atoms with Gasteiger partial charge in [0.25, 0.3) is 5.91 Å². The number of fused-ring (bicyclic) bond motifs is 1. The van der Waals surface area contributed by atoms with Crippen LogP contribution in [0.15, 0.2) is 54.6 Å². The Morgan fingerprint density at radius 3 is 2.40 bits per heavy atom. The number of benzene rings is 2. The second kappa shape index (κ2) is 6.33. The summed E-state index contributed by atoms with van der Waals surface area (Å²) in [4.78, 5) is 27.3. The Balaban J connectivity index is 1.48. The molecular formula is C20H21N3O2. The smallest absolute Gasteiger partial charge is 0.253 e. The lowest BCUT2D eigenvalue weighted by Gasteiger charge is -2.40. The van der Waals surface area contributed by atoms with Crippen LogP contribution < -0.4 is 10.6 Å². The molecule has 2 aliphatic heterocycles. The van der Waals surface area contributed by atoms with Crippen LogP contribution in [0.25, 0.3) is 0 Å². The molecule has 0 aromatic heterocycles. The van der Waals surface area contributed by atoms with Crippen LogP contribution in [0.1, 0.15) is 28.8 Å². The van der Waals surface area contributed by atoms with Gasteiger partial charge in [0.2, 0.25) is 5.91 Å². The van der Waals surface area contributed by atoms with E-state index in [0.717, 1.165) is 11.3 Å². The van der Waals surface area contributed by atoms with E-state index in [4.69, 9.17) is 0 Å². The first-order valence-electron chi connectivity index (χ1n) is 8.67. The van der Waals surface area contributed by atoms with E-state index in [1.807, 2.05) is 59.5 Å². The van der Waals surface area contributed by atoms with Gasteiger partial charge < -0.3 is 10.2 Å².